The number of benzene rings is 1. The van der Waals surface area contributed by atoms with Crippen molar-refractivity contribution in [2.24, 2.45) is 0 Å². The summed E-state index contributed by atoms with van der Waals surface area (Å²) >= 11 is 14.5. The zero-order valence-electron chi connectivity index (χ0n) is 9.57. The van der Waals surface area contributed by atoms with Crippen molar-refractivity contribution >= 4 is 54.8 Å². The van der Waals surface area contributed by atoms with Crippen molar-refractivity contribution in [2.75, 3.05) is 4.72 Å². The summed E-state index contributed by atoms with van der Waals surface area (Å²) < 4.78 is 40.2. The summed E-state index contributed by atoms with van der Waals surface area (Å²) in [6, 6.07) is 4.63. The molecule has 0 saturated heterocycles. The third kappa shape index (κ3) is 3.60. The number of hydrogen-bond donors (Lipinski definition) is 1. The maximum atomic E-state index is 13.2. The summed E-state index contributed by atoms with van der Waals surface area (Å²) in [6.45, 7) is 0. The number of pyridine rings is 1. The predicted molar refractivity (Wildman–Crippen MR) is 79.2 cm³/mol. The molecule has 1 N–H and O–H groups in total. The number of halogens is 4. The Morgan fingerprint density at radius 2 is 1.90 bits per heavy atom. The fourth-order valence-corrected chi connectivity index (χ4v) is 3.62. The van der Waals surface area contributed by atoms with Crippen LogP contribution in [-0.4, -0.2) is 13.4 Å². The van der Waals surface area contributed by atoms with Crippen LogP contribution in [0.5, 0.6) is 0 Å². The van der Waals surface area contributed by atoms with Gasteiger partial charge in [-0.1, -0.05) is 23.2 Å². The van der Waals surface area contributed by atoms with Crippen LogP contribution < -0.4 is 4.72 Å². The Labute approximate surface area is 133 Å². The highest BCUT2D eigenvalue weighted by atomic mass is 79.9. The number of hydrogen-bond acceptors (Lipinski definition) is 3. The maximum Gasteiger partial charge on any atom is 0.265 e. The Morgan fingerprint density at radius 3 is 2.55 bits per heavy atom. The zero-order chi connectivity index (χ0) is 14.9. The van der Waals surface area contributed by atoms with Gasteiger partial charge in [-0.2, -0.15) is 0 Å². The molecule has 0 aliphatic heterocycles. The van der Waals surface area contributed by atoms with Gasteiger partial charge in [0.2, 0.25) is 0 Å². The Morgan fingerprint density at radius 1 is 1.20 bits per heavy atom. The normalized spacial score (nSPS) is 11.4. The second-order valence-electron chi connectivity index (χ2n) is 3.71. The average molecular weight is 400 g/mol. The molecule has 0 bridgehead atoms. The van der Waals surface area contributed by atoms with Crippen LogP contribution in [0.4, 0.5) is 10.1 Å². The zero-order valence-corrected chi connectivity index (χ0v) is 13.5. The van der Waals surface area contributed by atoms with Gasteiger partial charge in [-0.15, -0.1) is 0 Å². The van der Waals surface area contributed by atoms with Gasteiger partial charge in [0.15, 0.2) is 0 Å². The van der Waals surface area contributed by atoms with Crippen LogP contribution in [0.1, 0.15) is 0 Å². The SMILES string of the molecule is O=S(=O)(Nc1cc(F)cc(Cl)c1)c1cc(Br)cnc1Cl. The Kier molecular flexibility index (Phi) is 4.53. The van der Waals surface area contributed by atoms with E-state index in [0.29, 0.717) is 4.47 Å². The van der Waals surface area contributed by atoms with E-state index < -0.39 is 15.8 Å². The van der Waals surface area contributed by atoms with Gasteiger partial charge in [-0.3, -0.25) is 4.72 Å². The number of nitrogens with one attached hydrogen (secondary N) is 1. The van der Waals surface area contributed by atoms with Crippen molar-refractivity contribution in [2.45, 2.75) is 4.90 Å². The molecule has 2 rings (SSSR count). The molecule has 0 aliphatic rings. The Balaban J connectivity index is 2.43. The van der Waals surface area contributed by atoms with Gasteiger partial charge in [0.1, 0.15) is 15.9 Å². The standard InChI is InChI=1S/C11H6BrCl2FN2O2S/c12-6-1-10(11(14)16-5-6)20(18,19)17-9-3-7(13)2-8(15)4-9/h1-5,17H. The van der Waals surface area contributed by atoms with Crippen LogP contribution in [0.15, 0.2) is 39.8 Å². The largest absolute Gasteiger partial charge is 0.279 e. The fourth-order valence-electron chi connectivity index (χ4n) is 1.42. The summed E-state index contributed by atoms with van der Waals surface area (Å²) in [4.78, 5) is 3.49. The molecule has 0 atom stereocenters. The molecule has 20 heavy (non-hydrogen) atoms. The van der Waals surface area contributed by atoms with Gasteiger partial charge in [-0.05, 0) is 40.2 Å². The molecule has 0 amide bonds. The quantitative estimate of drug-likeness (QED) is 0.790. The van der Waals surface area contributed by atoms with E-state index >= 15 is 0 Å². The van der Waals surface area contributed by atoms with Gasteiger partial charge >= 0.3 is 0 Å². The molecule has 0 unspecified atom stereocenters. The summed E-state index contributed by atoms with van der Waals surface area (Å²) in [5.74, 6) is -0.659. The molecular formula is C11H6BrCl2FN2O2S. The number of nitrogens with zero attached hydrogens (tertiary/aromatic N) is 1. The molecule has 0 saturated carbocycles. The molecular weight excluding hydrogens is 394 g/mol. The first-order valence-electron chi connectivity index (χ1n) is 5.08. The Bertz CT molecular complexity index is 751. The minimum Gasteiger partial charge on any atom is -0.279 e. The highest BCUT2D eigenvalue weighted by molar-refractivity contribution is 9.10. The monoisotopic (exact) mass is 398 g/mol. The van der Waals surface area contributed by atoms with E-state index in [1.54, 1.807) is 0 Å². The highest BCUT2D eigenvalue weighted by Gasteiger charge is 2.20. The van der Waals surface area contributed by atoms with E-state index in [1.807, 2.05) is 0 Å². The maximum absolute atomic E-state index is 13.2. The molecule has 106 valence electrons. The van der Waals surface area contributed by atoms with Crippen molar-refractivity contribution in [1.29, 1.82) is 0 Å². The average Bonchev–Trinajstić information content (AvgIpc) is 2.30. The van der Waals surface area contributed by atoms with Crippen LogP contribution in [-0.2, 0) is 10.0 Å². The first-order chi connectivity index (χ1) is 9.28. The van der Waals surface area contributed by atoms with Crippen LogP contribution in [0.2, 0.25) is 10.2 Å². The van der Waals surface area contributed by atoms with Gasteiger partial charge in [0.25, 0.3) is 10.0 Å². The van der Waals surface area contributed by atoms with Crippen LogP contribution in [0.25, 0.3) is 0 Å². The smallest absolute Gasteiger partial charge is 0.265 e. The lowest BCUT2D eigenvalue weighted by Gasteiger charge is -2.09. The van der Waals surface area contributed by atoms with Crippen molar-refractivity contribution < 1.29 is 12.8 Å². The molecule has 1 heterocycles. The van der Waals surface area contributed by atoms with Crippen LogP contribution in [0, 0.1) is 5.82 Å². The number of sulfonamides is 1. The third-order valence-electron chi connectivity index (χ3n) is 2.18. The highest BCUT2D eigenvalue weighted by Crippen LogP contribution is 2.26. The lowest BCUT2D eigenvalue weighted by Crippen LogP contribution is -2.14. The van der Waals surface area contributed by atoms with Crippen molar-refractivity contribution in [3.05, 3.63) is 50.9 Å². The van der Waals surface area contributed by atoms with E-state index in [1.165, 1.54) is 18.3 Å². The van der Waals surface area contributed by atoms with Gasteiger partial charge < -0.3 is 0 Å². The van der Waals surface area contributed by atoms with E-state index in [0.717, 1.165) is 12.1 Å². The molecule has 0 radical (unpaired) electrons. The van der Waals surface area contributed by atoms with E-state index in [9.17, 15) is 12.8 Å². The van der Waals surface area contributed by atoms with E-state index in [4.69, 9.17) is 23.2 Å². The van der Waals surface area contributed by atoms with Crippen LogP contribution >= 0.6 is 39.1 Å². The first kappa shape index (κ1) is 15.5. The van der Waals surface area contributed by atoms with Crippen molar-refractivity contribution in [1.82, 2.24) is 4.98 Å². The second kappa shape index (κ2) is 5.85. The number of rotatable bonds is 3. The molecule has 0 aliphatic carbocycles. The van der Waals surface area contributed by atoms with E-state index in [2.05, 4.69) is 25.6 Å². The lowest BCUT2D eigenvalue weighted by molar-refractivity contribution is 0.600. The van der Waals surface area contributed by atoms with Gasteiger partial charge in [-0.25, -0.2) is 17.8 Å². The van der Waals surface area contributed by atoms with Crippen molar-refractivity contribution in [3.63, 3.8) is 0 Å². The predicted octanol–water partition coefficient (Wildman–Crippen LogP) is 4.09. The van der Waals surface area contributed by atoms with Gasteiger partial charge in [0, 0.05) is 15.7 Å². The first-order valence-corrected chi connectivity index (χ1v) is 8.11. The summed E-state index contributed by atoms with van der Waals surface area (Å²) in [5.41, 5.74) is -0.00829. The van der Waals surface area contributed by atoms with Crippen molar-refractivity contribution in [3.8, 4) is 0 Å². The second-order valence-corrected chi connectivity index (χ2v) is 7.07. The minimum absolute atomic E-state index is 0.00829. The summed E-state index contributed by atoms with van der Waals surface area (Å²) in [5, 5.41) is -0.121. The molecule has 0 fully saturated rings. The lowest BCUT2D eigenvalue weighted by atomic mass is 10.3. The molecule has 1 aromatic heterocycles. The Hall–Kier alpha value is -0.890. The van der Waals surface area contributed by atoms with Crippen LogP contribution in [0.3, 0.4) is 0 Å². The molecule has 0 spiro atoms. The van der Waals surface area contributed by atoms with Gasteiger partial charge in [0.05, 0.1) is 5.69 Å². The summed E-state index contributed by atoms with van der Waals surface area (Å²) in [7, 11) is -4.00. The number of anilines is 1. The molecule has 9 heteroatoms. The third-order valence-corrected chi connectivity index (χ3v) is 4.64. The molecule has 4 nitrogen and oxygen atoms in total. The minimum atomic E-state index is -4.00. The topological polar surface area (TPSA) is 59.1 Å². The molecule has 2 aromatic rings. The number of aromatic nitrogens is 1. The fraction of sp³-hybridized carbons (Fsp3) is 0. The molecule has 1 aromatic carbocycles. The van der Waals surface area contributed by atoms with E-state index in [-0.39, 0.29) is 20.8 Å². The summed E-state index contributed by atoms with van der Waals surface area (Å²) in [6.07, 6.45) is 1.36.